The predicted octanol–water partition coefficient (Wildman–Crippen LogP) is 1.62. The lowest BCUT2D eigenvalue weighted by molar-refractivity contribution is 0.0397. The van der Waals surface area contributed by atoms with Gasteiger partial charge in [0.2, 0.25) is 0 Å². The van der Waals surface area contributed by atoms with Gasteiger partial charge in [0, 0.05) is 14.2 Å². The molecular formula is C10H22N2O. The molecule has 0 saturated heterocycles. The zero-order valence-electron chi connectivity index (χ0n) is 9.18. The van der Waals surface area contributed by atoms with Gasteiger partial charge in [-0.2, -0.15) is 0 Å². The van der Waals surface area contributed by atoms with E-state index in [0.717, 1.165) is 6.42 Å². The Labute approximate surface area is 81.7 Å². The average molecular weight is 186 g/mol. The molecule has 0 aromatic heterocycles. The maximum absolute atomic E-state index is 5.59. The molecule has 0 fully saturated rings. The minimum atomic E-state index is -0.755. The van der Waals surface area contributed by atoms with Crippen molar-refractivity contribution in [3.63, 3.8) is 0 Å². The van der Waals surface area contributed by atoms with E-state index in [4.69, 9.17) is 10.5 Å². The highest BCUT2D eigenvalue weighted by atomic mass is 16.5. The van der Waals surface area contributed by atoms with Crippen LogP contribution in [0.25, 0.3) is 0 Å². The summed E-state index contributed by atoms with van der Waals surface area (Å²) in [4.78, 5) is 0. The Morgan fingerprint density at radius 3 is 2.15 bits per heavy atom. The fraction of sp³-hybridized carbons (Fsp3) is 0.600. The van der Waals surface area contributed by atoms with Gasteiger partial charge in [0.05, 0.1) is 5.70 Å². The molecule has 0 spiro atoms. The molecule has 0 bridgehead atoms. The monoisotopic (exact) mass is 186 g/mol. The highest BCUT2D eigenvalue weighted by Crippen LogP contribution is 2.06. The molecule has 0 rings (SSSR count). The maximum atomic E-state index is 5.59. The molecule has 0 saturated carbocycles. The molecule has 0 amide bonds. The van der Waals surface area contributed by atoms with Gasteiger partial charge in [-0.25, -0.2) is 0 Å². The van der Waals surface area contributed by atoms with Crippen LogP contribution in [0.15, 0.2) is 24.9 Å². The second kappa shape index (κ2) is 7.83. The number of methoxy groups -OCH3 is 1. The first kappa shape index (κ1) is 14.7. The number of hydrogen-bond donors (Lipinski definition) is 2. The van der Waals surface area contributed by atoms with Crippen molar-refractivity contribution in [2.45, 2.75) is 26.0 Å². The van der Waals surface area contributed by atoms with Crippen molar-refractivity contribution in [2.75, 3.05) is 14.2 Å². The van der Waals surface area contributed by atoms with E-state index in [2.05, 4.69) is 25.4 Å². The number of likely N-dealkylation sites (N-methyl/N-ethyl adjacent to an activating group) is 1. The van der Waals surface area contributed by atoms with Crippen molar-refractivity contribution in [3.05, 3.63) is 24.9 Å². The molecule has 3 N–H and O–H groups in total. The standard InChI is InChI=1S/C6H14N2O.C4H8/c1-5(8-3)6(2,7)9-4;1-3-4-2/h8H,1,7H2,2-4H3;3H,1,4H2,2H3. The summed E-state index contributed by atoms with van der Waals surface area (Å²) in [7, 11) is 3.30. The van der Waals surface area contributed by atoms with Gasteiger partial charge in [-0.15, -0.1) is 6.58 Å². The van der Waals surface area contributed by atoms with Crippen LogP contribution in [0, 0.1) is 0 Å². The quantitative estimate of drug-likeness (QED) is 0.518. The molecular weight excluding hydrogens is 164 g/mol. The summed E-state index contributed by atoms with van der Waals surface area (Å²) in [5.74, 6) is 0. The van der Waals surface area contributed by atoms with Gasteiger partial charge in [-0.3, -0.25) is 5.73 Å². The fourth-order valence-electron chi connectivity index (χ4n) is 0.371. The number of allylic oxidation sites excluding steroid dienone is 1. The molecule has 1 atom stereocenters. The highest BCUT2D eigenvalue weighted by Gasteiger charge is 2.19. The summed E-state index contributed by atoms with van der Waals surface area (Å²) in [5.41, 5.74) is 5.50. The van der Waals surface area contributed by atoms with Gasteiger partial charge in [-0.05, 0) is 13.3 Å². The molecule has 13 heavy (non-hydrogen) atoms. The van der Waals surface area contributed by atoms with E-state index in [1.165, 1.54) is 0 Å². The number of rotatable bonds is 4. The average Bonchev–Trinajstić information content (AvgIpc) is 2.16. The maximum Gasteiger partial charge on any atom is 0.153 e. The van der Waals surface area contributed by atoms with Crippen molar-refractivity contribution in [3.8, 4) is 0 Å². The molecule has 3 heteroatoms. The number of nitrogens with one attached hydrogen (secondary N) is 1. The summed E-state index contributed by atoms with van der Waals surface area (Å²) >= 11 is 0. The Balaban J connectivity index is 0. The third-order valence-corrected chi connectivity index (χ3v) is 1.61. The summed E-state index contributed by atoms with van der Waals surface area (Å²) in [6.45, 7) is 10.9. The van der Waals surface area contributed by atoms with Crippen LogP contribution < -0.4 is 11.1 Å². The van der Waals surface area contributed by atoms with Gasteiger partial charge in [0.15, 0.2) is 5.72 Å². The molecule has 0 aliphatic carbocycles. The van der Waals surface area contributed by atoms with Crippen LogP contribution in [0.1, 0.15) is 20.3 Å². The van der Waals surface area contributed by atoms with Crippen molar-refractivity contribution in [1.82, 2.24) is 5.32 Å². The first-order valence-electron chi connectivity index (χ1n) is 4.28. The molecule has 0 radical (unpaired) electrons. The molecule has 0 aliphatic rings. The highest BCUT2D eigenvalue weighted by molar-refractivity contribution is 5.04. The Kier molecular flexibility index (Phi) is 8.86. The zero-order valence-corrected chi connectivity index (χ0v) is 9.18. The topological polar surface area (TPSA) is 47.3 Å². The third kappa shape index (κ3) is 7.56. The lowest BCUT2D eigenvalue weighted by Crippen LogP contribution is -2.44. The normalized spacial score (nSPS) is 13.3. The molecule has 0 aromatic rings. The molecule has 3 nitrogen and oxygen atoms in total. The van der Waals surface area contributed by atoms with E-state index in [9.17, 15) is 0 Å². The van der Waals surface area contributed by atoms with Gasteiger partial charge in [0.25, 0.3) is 0 Å². The summed E-state index contributed by atoms with van der Waals surface area (Å²) < 4.78 is 4.91. The Morgan fingerprint density at radius 2 is 2.08 bits per heavy atom. The van der Waals surface area contributed by atoms with Gasteiger partial charge >= 0.3 is 0 Å². The smallest absolute Gasteiger partial charge is 0.153 e. The number of ether oxygens (including phenoxy) is 1. The van der Waals surface area contributed by atoms with E-state index < -0.39 is 5.72 Å². The molecule has 0 aromatic carbocycles. The molecule has 1 unspecified atom stereocenters. The van der Waals surface area contributed by atoms with Crippen LogP contribution in [-0.4, -0.2) is 19.9 Å². The lowest BCUT2D eigenvalue weighted by atomic mass is 10.2. The van der Waals surface area contributed by atoms with Crippen LogP contribution in [0.3, 0.4) is 0 Å². The predicted molar refractivity (Wildman–Crippen MR) is 58.3 cm³/mol. The van der Waals surface area contributed by atoms with Crippen LogP contribution in [-0.2, 0) is 4.74 Å². The third-order valence-electron chi connectivity index (χ3n) is 1.61. The first-order valence-corrected chi connectivity index (χ1v) is 4.28. The second-order valence-corrected chi connectivity index (χ2v) is 2.74. The first-order chi connectivity index (χ1) is 5.96. The molecule has 0 heterocycles. The van der Waals surface area contributed by atoms with E-state index >= 15 is 0 Å². The minimum absolute atomic E-state index is 0.671. The lowest BCUT2D eigenvalue weighted by Gasteiger charge is -2.24. The van der Waals surface area contributed by atoms with Crippen LogP contribution in [0.2, 0.25) is 0 Å². The van der Waals surface area contributed by atoms with Crippen LogP contribution in [0.4, 0.5) is 0 Å². The summed E-state index contributed by atoms with van der Waals surface area (Å²) in [6, 6.07) is 0. The number of hydrogen-bond acceptors (Lipinski definition) is 3. The Morgan fingerprint density at radius 1 is 1.69 bits per heavy atom. The van der Waals surface area contributed by atoms with Gasteiger partial charge in [-0.1, -0.05) is 19.6 Å². The SMILES string of the molecule is C=C(NC)C(C)(N)OC.C=CCC. The van der Waals surface area contributed by atoms with Crippen molar-refractivity contribution >= 4 is 0 Å². The Bertz CT molecular complexity index is 153. The van der Waals surface area contributed by atoms with Gasteiger partial charge in [0.1, 0.15) is 0 Å². The molecule has 0 aliphatic heterocycles. The zero-order chi connectivity index (χ0) is 10.9. The summed E-state index contributed by atoms with van der Waals surface area (Å²) in [6.07, 6.45) is 2.96. The van der Waals surface area contributed by atoms with Crippen molar-refractivity contribution < 1.29 is 4.74 Å². The van der Waals surface area contributed by atoms with Crippen molar-refractivity contribution in [2.24, 2.45) is 5.73 Å². The van der Waals surface area contributed by atoms with E-state index in [0.29, 0.717) is 5.70 Å². The van der Waals surface area contributed by atoms with Gasteiger partial charge < -0.3 is 10.1 Å². The number of nitrogens with two attached hydrogens (primary N) is 1. The minimum Gasteiger partial charge on any atom is -0.388 e. The van der Waals surface area contributed by atoms with E-state index in [1.807, 2.05) is 6.08 Å². The van der Waals surface area contributed by atoms with Crippen LogP contribution in [0.5, 0.6) is 0 Å². The second-order valence-electron chi connectivity index (χ2n) is 2.74. The largest absolute Gasteiger partial charge is 0.388 e. The van der Waals surface area contributed by atoms with Crippen molar-refractivity contribution in [1.29, 1.82) is 0 Å². The molecule has 78 valence electrons. The Hall–Kier alpha value is -0.800. The van der Waals surface area contributed by atoms with Crippen LogP contribution >= 0.6 is 0 Å². The summed E-state index contributed by atoms with van der Waals surface area (Å²) in [5, 5.41) is 2.81. The van der Waals surface area contributed by atoms with E-state index in [-0.39, 0.29) is 0 Å². The fourth-order valence-corrected chi connectivity index (χ4v) is 0.371. The van der Waals surface area contributed by atoms with E-state index in [1.54, 1.807) is 21.1 Å².